The Morgan fingerprint density at radius 1 is 1.18 bits per heavy atom. The summed E-state index contributed by atoms with van der Waals surface area (Å²) in [4.78, 5) is 7.75. The van der Waals surface area contributed by atoms with Gasteiger partial charge < -0.3 is 14.8 Å². The maximum Gasteiger partial charge on any atom is 0.0463 e. The van der Waals surface area contributed by atoms with Crippen molar-refractivity contribution >= 4 is 10.9 Å². The van der Waals surface area contributed by atoms with Gasteiger partial charge in [0.2, 0.25) is 0 Å². The van der Waals surface area contributed by atoms with Gasteiger partial charge in [-0.25, -0.2) is 0 Å². The number of nitrogens with one attached hydrogen (secondary N) is 1. The van der Waals surface area contributed by atoms with Gasteiger partial charge in [-0.1, -0.05) is 12.1 Å². The molecule has 1 aromatic heterocycles. The van der Waals surface area contributed by atoms with E-state index in [0.717, 1.165) is 25.0 Å². The summed E-state index contributed by atoms with van der Waals surface area (Å²) in [5.74, 6) is 0. The molecule has 1 heterocycles. The van der Waals surface area contributed by atoms with E-state index in [1.807, 2.05) is 6.20 Å². The number of fused-ring (bicyclic) bond motifs is 1. The van der Waals surface area contributed by atoms with E-state index in [1.54, 1.807) is 0 Å². The Kier molecular flexibility index (Phi) is 3.82. The molecule has 0 aliphatic heterocycles. The fourth-order valence-corrected chi connectivity index (χ4v) is 1.89. The molecule has 0 saturated carbocycles. The molecule has 2 rings (SSSR count). The molecule has 0 saturated heterocycles. The Labute approximate surface area is 103 Å². The second-order valence-electron chi connectivity index (χ2n) is 4.85. The molecule has 0 unspecified atom stereocenters. The first-order valence-electron chi connectivity index (χ1n) is 5.96. The van der Waals surface area contributed by atoms with Crippen molar-refractivity contribution in [3.63, 3.8) is 0 Å². The summed E-state index contributed by atoms with van der Waals surface area (Å²) in [6, 6.07) is 9.68. The number of H-pyrrole nitrogens is 1. The second-order valence-corrected chi connectivity index (χ2v) is 4.85. The highest BCUT2D eigenvalue weighted by Crippen LogP contribution is 2.14. The summed E-state index contributed by atoms with van der Waals surface area (Å²) >= 11 is 0. The molecule has 1 radical (unpaired) electrons. The third-order valence-corrected chi connectivity index (χ3v) is 2.92. The van der Waals surface area contributed by atoms with Crippen LogP contribution >= 0.6 is 0 Å². The predicted octanol–water partition coefficient (Wildman–Crippen LogP) is 1.96. The van der Waals surface area contributed by atoms with Gasteiger partial charge in [0.15, 0.2) is 0 Å². The van der Waals surface area contributed by atoms with Crippen molar-refractivity contribution in [2.24, 2.45) is 0 Å². The first kappa shape index (κ1) is 12.1. The van der Waals surface area contributed by atoms with E-state index in [9.17, 15) is 0 Å². The average molecular weight is 230 g/mol. The molecule has 0 aliphatic carbocycles. The van der Waals surface area contributed by atoms with Crippen LogP contribution in [0, 0.1) is 6.07 Å². The molecule has 0 aliphatic rings. The number of aromatic nitrogens is 1. The number of benzene rings is 1. The number of hydrogen-bond acceptors (Lipinski definition) is 2. The Morgan fingerprint density at radius 3 is 2.76 bits per heavy atom. The maximum absolute atomic E-state index is 3.20. The van der Waals surface area contributed by atoms with Crippen molar-refractivity contribution in [1.29, 1.82) is 0 Å². The van der Waals surface area contributed by atoms with Gasteiger partial charge in [0.1, 0.15) is 0 Å². The average Bonchev–Trinajstić information content (AvgIpc) is 2.73. The molecular formula is C14H20N3. The number of likely N-dealkylation sites (N-methyl/N-ethyl adjacent to an activating group) is 2. The van der Waals surface area contributed by atoms with E-state index in [-0.39, 0.29) is 0 Å². The molecule has 0 atom stereocenters. The lowest BCUT2D eigenvalue weighted by molar-refractivity contribution is 0.276. The molecule has 2 aromatic rings. The monoisotopic (exact) mass is 230 g/mol. The van der Waals surface area contributed by atoms with Gasteiger partial charge >= 0.3 is 0 Å². The lowest BCUT2D eigenvalue weighted by atomic mass is 10.1. The van der Waals surface area contributed by atoms with E-state index in [1.165, 1.54) is 11.1 Å². The molecule has 1 aromatic carbocycles. The summed E-state index contributed by atoms with van der Waals surface area (Å²) in [5.41, 5.74) is 2.51. The van der Waals surface area contributed by atoms with Crippen LogP contribution in [0.25, 0.3) is 10.9 Å². The SMILES string of the molecule is CN(C)CCN(C)Cc1ccc2[c]c[nH]c2c1. The Bertz CT molecular complexity index is 473. The smallest absolute Gasteiger partial charge is 0.0463 e. The van der Waals surface area contributed by atoms with Crippen LogP contribution < -0.4 is 0 Å². The van der Waals surface area contributed by atoms with Gasteiger partial charge in [0.25, 0.3) is 0 Å². The van der Waals surface area contributed by atoms with E-state index >= 15 is 0 Å². The van der Waals surface area contributed by atoms with Gasteiger partial charge in [-0.05, 0) is 32.8 Å². The van der Waals surface area contributed by atoms with Crippen LogP contribution in [0.2, 0.25) is 0 Å². The number of aromatic amines is 1. The minimum atomic E-state index is 0.989. The van der Waals surface area contributed by atoms with Gasteiger partial charge in [-0.3, -0.25) is 0 Å². The van der Waals surface area contributed by atoms with Crippen LogP contribution in [0.1, 0.15) is 5.56 Å². The highest BCUT2D eigenvalue weighted by Gasteiger charge is 2.02. The first-order chi connectivity index (χ1) is 8.15. The fraction of sp³-hybridized carbons (Fsp3) is 0.429. The molecule has 17 heavy (non-hydrogen) atoms. The van der Waals surface area contributed by atoms with E-state index in [4.69, 9.17) is 0 Å². The van der Waals surface area contributed by atoms with Gasteiger partial charge in [0, 0.05) is 42.8 Å². The molecule has 3 heteroatoms. The molecule has 0 spiro atoms. The van der Waals surface area contributed by atoms with Crippen molar-refractivity contribution in [2.75, 3.05) is 34.2 Å². The highest BCUT2D eigenvalue weighted by molar-refractivity contribution is 5.79. The van der Waals surface area contributed by atoms with Crippen LogP contribution in [0.15, 0.2) is 24.4 Å². The zero-order valence-corrected chi connectivity index (χ0v) is 10.8. The quantitative estimate of drug-likeness (QED) is 0.848. The molecule has 0 bridgehead atoms. The minimum absolute atomic E-state index is 0.989. The van der Waals surface area contributed by atoms with Gasteiger partial charge in [-0.2, -0.15) is 0 Å². The fourth-order valence-electron chi connectivity index (χ4n) is 1.89. The molecule has 91 valence electrons. The zero-order valence-electron chi connectivity index (χ0n) is 10.8. The Morgan fingerprint density at radius 2 is 2.00 bits per heavy atom. The van der Waals surface area contributed by atoms with Crippen LogP contribution in [0.3, 0.4) is 0 Å². The van der Waals surface area contributed by atoms with Crippen LogP contribution in [-0.4, -0.2) is 49.0 Å². The van der Waals surface area contributed by atoms with E-state index < -0.39 is 0 Å². The lowest BCUT2D eigenvalue weighted by Gasteiger charge is -2.19. The summed E-state index contributed by atoms with van der Waals surface area (Å²) < 4.78 is 0. The lowest BCUT2D eigenvalue weighted by Crippen LogP contribution is -2.28. The molecule has 1 N–H and O–H groups in total. The highest BCUT2D eigenvalue weighted by atomic mass is 15.1. The molecule has 0 fully saturated rings. The van der Waals surface area contributed by atoms with E-state index in [0.29, 0.717) is 0 Å². The zero-order chi connectivity index (χ0) is 12.3. The first-order valence-corrected chi connectivity index (χ1v) is 5.96. The summed E-state index contributed by atoms with van der Waals surface area (Å²) in [6.07, 6.45) is 1.87. The summed E-state index contributed by atoms with van der Waals surface area (Å²) in [7, 11) is 6.37. The number of nitrogens with zero attached hydrogens (tertiary/aromatic N) is 2. The van der Waals surface area contributed by atoms with Crippen molar-refractivity contribution in [2.45, 2.75) is 6.54 Å². The van der Waals surface area contributed by atoms with Crippen LogP contribution in [0.5, 0.6) is 0 Å². The maximum atomic E-state index is 3.20. The standard InChI is InChI=1S/C14H20N3/c1-16(2)8-9-17(3)11-12-4-5-13-6-7-15-14(13)10-12/h4-5,7,10,15H,8-9,11H2,1-3H3. The summed E-state index contributed by atoms with van der Waals surface area (Å²) in [5, 5.41) is 1.16. The Balaban J connectivity index is 1.97. The Hall–Kier alpha value is -1.32. The van der Waals surface area contributed by atoms with Gasteiger partial charge in [-0.15, -0.1) is 0 Å². The molecule has 3 nitrogen and oxygen atoms in total. The number of hydrogen-bond donors (Lipinski definition) is 1. The van der Waals surface area contributed by atoms with Crippen molar-refractivity contribution in [1.82, 2.24) is 14.8 Å². The topological polar surface area (TPSA) is 22.3 Å². The van der Waals surface area contributed by atoms with Crippen molar-refractivity contribution in [3.05, 3.63) is 36.0 Å². The molecular weight excluding hydrogens is 210 g/mol. The van der Waals surface area contributed by atoms with Crippen LogP contribution in [-0.2, 0) is 6.54 Å². The third-order valence-electron chi connectivity index (χ3n) is 2.92. The largest absolute Gasteiger partial charge is 0.361 e. The summed E-state index contributed by atoms with van der Waals surface area (Å²) in [6.45, 7) is 3.17. The van der Waals surface area contributed by atoms with Gasteiger partial charge in [0.05, 0.1) is 0 Å². The van der Waals surface area contributed by atoms with Crippen molar-refractivity contribution < 1.29 is 0 Å². The third kappa shape index (κ3) is 3.32. The predicted molar refractivity (Wildman–Crippen MR) is 72.0 cm³/mol. The van der Waals surface area contributed by atoms with E-state index in [2.05, 4.69) is 60.2 Å². The molecule has 0 amide bonds. The van der Waals surface area contributed by atoms with Crippen LogP contribution in [0.4, 0.5) is 0 Å². The second kappa shape index (κ2) is 5.34. The normalized spacial score (nSPS) is 11.8. The minimum Gasteiger partial charge on any atom is -0.361 e. The number of rotatable bonds is 5. The van der Waals surface area contributed by atoms with Crippen molar-refractivity contribution in [3.8, 4) is 0 Å².